The number of nitrogens with one attached hydrogen (secondary N) is 1. The molecule has 7 heteroatoms. The third kappa shape index (κ3) is 3.88. The largest absolute Gasteiger partial charge is 0.371 e. The number of fused-ring (bicyclic) bond motifs is 2. The highest BCUT2D eigenvalue weighted by atomic mass is 32.2. The number of rotatable bonds is 7. The molecule has 0 radical (unpaired) electrons. The van der Waals surface area contributed by atoms with Crippen LogP contribution < -0.4 is 4.90 Å². The average Bonchev–Trinajstić information content (AvgIpc) is 3.55. The van der Waals surface area contributed by atoms with Gasteiger partial charge >= 0.3 is 0 Å². The number of hydrogen-bond donors (Lipinski definition) is 1. The van der Waals surface area contributed by atoms with Gasteiger partial charge in [-0.1, -0.05) is 18.2 Å². The van der Waals surface area contributed by atoms with Gasteiger partial charge in [-0.05, 0) is 69.5 Å². The minimum Gasteiger partial charge on any atom is -0.371 e. The smallest absolute Gasteiger partial charge is 0.197 e. The van der Waals surface area contributed by atoms with E-state index >= 15 is 0 Å². The number of imidazole rings is 1. The SMILES string of the molecule is CCN1CCC(N(C)C2CC2)c2cccc(CS(=O)c3nc4ccc(C(C)=O)cc4[nH]3)c21. The van der Waals surface area contributed by atoms with Gasteiger partial charge in [0.15, 0.2) is 10.9 Å². The average molecular weight is 451 g/mol. The van der Waals surface area contributed by atoms with E-state index in [1.165, 1.54) is 24.1 Å². The standard InChI is InChI=1S/C25H30N4O2S/c1-4-29-13-12-23(28(3)19-9-10-19)20-7-5-6-18(24(20)29)15-32(31)25-26-21-11-8-17(16(2)30)14-22(21)27-25/h5-8,11,14,19,23H,4,9-10,12-13,15H2,1-3H3,(H,26,27). The van der Waals surface area contributed by atoms with Crippen molar-refractivity contribution >= 4 is 33.3 Å². The molecule has 0 spiro atoms. The molecule has 2 aromatic carbocycles. The second kappa shape index (κ2) is 8.45. The number of hydrogen-bond acceptors (Lipinski definition) is 5. The normalized spacial score (nSPS) is 19.4. The Bertz CT molecular complexity index is 1200. The summed E-state index contributed by atoms with van der Waals surface area (Å²) in [5.41, 5.74) is 5.83. The maximum Gasteiger partial charge on any atom is 0.197 e. The number of nitrogens with zero attached hydrogens (tertiary/aromatic N) is 3. The van der Waals surface area contributed by atoms with Crippen molar-refractivity contribution in [2.45, 2.75) is 56.1 Å². The van der Waals surface area contributed by atoms with Crippen molar-refractivity contribution in [3.63, 3.8) is 0 Å². The molecular weight excluding hydrogens is 420 g/mol. The monoisotopic (exact) mass is 450 g/mol. The predicted octanol–water partition coefficient (Wildman–Crippen LogP) is 4.44. The van der Waals surface area contributed by atoms with E-state index in [1.54, 1.807) is 19.1 Å². The van der Waals surface area contributed by atoms with Crippen LogP contribution >= 0.6 is 0 Å². The fraction of sp³-hybridized carbons (Fsp3) is 0.440. The lowest BCUT2D eigenvalue weighted by Crippen LogP contribution is -2.38. The first kappa shape index (κ1) is 21.3. The molecule has 32 heavy (non-hydrogen) atoms. The summed E-state index contributed by atoms with van der Waals surface area (Å²) in [7, 11) is 0.943. The van der Waals surface area contributed by atoms with E-state index in [-0.39, 0.29) is 5.78 Å². The van der Waals surface area contributed by atoms with Crippen molar-refractivity contribution in [3.8, 4) is 0 Å². The second-order valence-corrected chi connectivity index (χ2v) is 10.3. The van der Waals surface area contributed by atoms with Crippen molar-refractivity contribution in [2.24, 2.45) is 0 Å². The molecule has 1 aromatic heterocycles. The van der Waals surface area contributed by atoms with E-state index in [0.29, 0.717) is 28.6 Å². The summed E-state index contributed by atoms with van der Waals surface area (Å²) in [6, 6.07) is 12.9. The van der Waals surface area contributed by atoms with E-state index in [4.69, 9.17) is 0 Å². The molecule has 0 saturated heterocycles. The van der Waals surface area contributed by atoms with E-state index < -0.39 is 10.8 Å². The van der Waals surface area contributed by atoms with Crippen LogP contribution in [0.25, 0.3) is 11.0 Å². The number of para-hydroxylation sites is 1. The zero-order valence-corrected chi connectivity index (χ0v) is 19.7. The highest BCUT2D eigenvalue weighted by Gasteiger charge is 2.36. The summed E-state index contributed by atoms with van der Waals surface area (Å²) < 4.78 is 13.3. The van der Waals surface area contributed by atoms with Gasteiger partial charge < -0.3 is 9.88 Å². The maximum atomic E-state index is 13.3. The first-order valence-electron chi connectivity index (χ1n) is 11.4. The Morgan fingerprint density at radius 2 is 2.06 bits per heavy atom. The molecule has 0 bridgehead atoms. The highest BCUT2D eigenvalue weighted by molar-refractivity contribution is 7.84. The number of aromatic amines is 1. The Morgan fingerprint density at radius 3 is 2.78 bits per heavy atom. The summed E-state index contributed by atoms with van der Waals surface area (Å²) in [6.45, 7) is 5.69. The van der Waals surface area contributed by atoms with Crippen LogP contribution in [0, 0.1) is 0 Å². The van der Waals surface area contributed by atoms with Crippen molar-refractivity contribution < 1.29 is 9.00 Å². The first-order valence-corrected chi connectivity index (χ1v) is 12.8. The number of H-pyrrole nitrogens is 1. The fourth-order valence-corrected chi connectivity index (χ4v) is 6.00. The molecule has 3 aromatic rings. The number of benzene rings is 2. The van der Waals surface area contributed by atoms with Crippen LogP contribution in [0.3, 0.4) is 0 Å². The topological polar surface area (TPSA) is 69.3 Å². The number of carbonyl (C=O) groups excluding carboxylic acids is 1. The fourth-order valence-electron chi connectivity index (χ4n) is 4.93. The molecule has 2 atom stereocenters. The van der Waals surface area contributed by atoms with Crippen LogP contribution in [0.4, 0.5) is 5.69 Å². The van der Waals surface area contributed by atoms with Crippen LogP contribution in [0.1, 0.15) is 60.6 Å². The van der Waals surface area contributed by atoms with Gasteiger partial charge in [0.1, 0.15) is 0 Å². The molecule has 1 fully saturated rings. The highest BCUT2D eigenvalue weighted by Crippen LogP contribution is 2.43. The first-order chi connectivity index (χ1) is 15.5. The molecule has 6 nitrogen and oxygen atoms in total. The summed E-state index contributed by atoms with van der Waals surface area (Å²) in [4.78, 5) is 24.4. The third-order valence-corrected chi connectivity index (χ3v) is 8.06. The Hall–Kier alpha value is -2.51. The minimum atomic E-state index is -1.31. The molecule has 168 valence electrons. The van der Waals surface area contributed by atoms with Crippen molar-refractivity contribution in [3.05, 3.63) is 53.1 Å². The van der Waals surface area contributed by atoms with Gasteiger partial charge in [0, 0.05) is 36.4 Å². The molecule has 2 unspecified atom stereocenters. The lowest BCUT2D eigenvalue weighted by atomic mass is 9.92. The van der Waals surface area contributed by atoms with E-state index in [1.807, 2.05) is 6.07 Å². The van der Waals surface area contributed by atoms with Crippen molar-refractivity contribution in [2.75, 3.05) is 25.0 Å². The second-order valence-electron chi connectivity index (χ2n) is 8.96. The van der Waals surface area contributed by atoms with Crippen LogP contribution in [0.2, 0.25) is 0 Å². The van der Waals surface area contributed by atoms with Crippen LogP contribution in [0.5, 0.6) is 0 Å². The van der Waals surface area contributed by atoms with Gasteiger partial charge in [-0.2, -0.15) is 0 Å². The van der Waals surface area contributed by atoms with E-state index in [0.717, 1.165) is 36.1 Å². The lowest BCUT2D eigenvalue weighted by molar-refractivity contribution is 0.101. The van der Waals surface area contributed by atoms with E-state index in [2.05, 4.69) is 51.9 Å². The van der Waals surface area contributed by atoms with Crippen molar-refractivity contribution in [1.82, 2.24) is 14.9 Å². The van der Waals surface area contributed by atoms with Gasteiger partial charge in [0.2, 0.25) is 0 Å². The summed E-state index contributed by atoms with van der Waals surface area (Å²) in [6.07, 6.45) is 3.71. The molecule has 0 amide bonds. The number of anilines is 1. The number of aromatic nitrogens is 2. The third-order valence-electron chi connectivity index (χ3n) is 6.86. The Kier molecular flexibility index (Phi) is 5.63. The number of Topliss-reactive ketones (excluding diaryl/α,β-unsaturated/α-hetero) is 1. The molecule has 1 saturated carbocycles. The Labute approximate surface area is 191 Å². The van der Waals surface area contributed by atoms with Gasteiger partial charge in [-0.25, -0.2) is 4.98 Å². The van der Waals surface area contributed by atoms with Gasteiger partial charge in [-0.3, -0.25) is 13.9 Å². The molecule has 1 N–H and O–H groups in total. The molecule has 5 rings (SSSR count). The number of ketones is 1. The minimum absolute atomic E-state index is 0.00506. The zero-order valence-electron chi connectivity index (χ0n) is 18.9. The van der Waals surface area contributed by atoms with E-state index in [9.17, 15) is 9.00 Å². The molecule has 2 heterocycles. The Morgan fingerprint density at radius 1 is 1.25 bits per heavy atom. The quantitative estimate of drug-likeness (QED) is 0.539. The molecular formula is C25H30N4O2S. The summed E-state index contributed by atoms with van der Waals surface area (Å²) in [5.74, 6) is 0.421. The number of carbonyl (C=O) groups is 1. The van der Waals surface area contributed by atoms with Crippen LogP contribution in [-0.2, 0) is 16.6 Å². The molecule has 2 aliphatic rings. The summed E-state index contributed by atoms with van der Waals surface area (Å²) >= 11 is 0. The lowest BCUT2D eigenvalue weighted by Gasteiger charge is -2.40. The Balaban J connectivity index is 1.46. The summed E-state index contributed by atoms with van der Waals surface area (Å²) in [5, 5.41) is 0.462. The van der Waals surface area contributed by atoms with Crippen LogP contribution in [0.15, 0.2) is 41.6 Å². The molecule has 1 aliphatic heterocycles. The zero-order chi connectivity index (χ0) is 22.4. The van der Waals surface area contributed by atoms with Gasteiger partial charge in [-0.15, -0.1) is 0 Å². The van der Waals surface area contributed by atoms with Gasteiger partial charge in [0.05, 0.1) is 27.6 Å². The predicted molar refractivity (Wildman–Crippen MR) is 129 cm³/mol. The maximum absolute atomic E-state index is 13.3. The van der Waals surface area contributed by atoms with Crippen molar-refractivity contribution in [1.29, 1.82) is 0 Å². The van der Waals surface area contributed by atoms with Gasteiger partial charge in [0.25, 0.3) is 0 Å². The molecule has 1 aliphatic carbocycles. The van der Waals surface area contributed by atoms with Crippen LogP contribution in [-0.4, -0.2) is 51.0 Å².